The quantitative estimate of drug-likeness (QED) is 0.428. The van der Waals surface area contributed by atoms with Crippen LogP contribution in [0.2, 0.25) is 0 Å². The minimum atomic E-state index is -0.878. The fraction of sp³-hybridized carbons (Fsp3) is 0.704. The van der Waals surface area contributed by atoms with Gasteiger partial charge in [-0.15, -0.1) is 0 Å². The first-order chi connectivity index (χ1) is 17.7. The minimum Gasteiger partial charge on any atom is -0.481 e. The minimum absolute atomic E-state index is 0.0226. The number of carbonyl (C=O) groups excluding carboxylic acids is 1. The van der Waals surface area contributed by atoms with Crippen LogP contribution < -0.4 is 15.2 Å². The van der Waals surface area contributed by atoms with Gasteiger partial charge in [0.05, 0.1) is 25.7 Å². The van der Waals surface area contributed by atoms with Gasteiger partial charge in [-0.05, 0) is 30.5 Å². The highest BCUT2D eigenvalue weighted by Crippen LogP contribution is 2.46. The summed E-state index contributed by atoms with van der Waals surface area (Å²) in [5.41, 5.74) is 6.22. The molecule has 0 saturated carbocycles. The highest BCUT2D eigenvalue weighted by Gasteiger charge is 2.50. The molecule has 3 aliphatic heterocycles. The second-order valence-electron chi connectivity index (χ2n) is 10.9. The van der Waals surface area contributed by atoms with Crippen LogP contribution in [0.15, 0.2) is 18.2 Å². The number of nitrogens with zero attached hydrogens (tertiary/aromatic N) is 2. The van der Waals surface area contributed by atoms with Gasteiger partial charge in [-0.3, -0.25) is 14.5 Å². The lowest BCUT2D eigenvalue weighted by molar-refractivity contribution is -0.148. The molecule has 3 heterocycles. The zero-order chi connectivity index (χ0) is 26.6. The molecule has 3 atom stereocenters. The predicted octanol–water partition coefficient (Wildman–Crippen LogP) is 2.26. The van der Waals surface area contributed by atoms with Crippen LogP contribution in [0.25, 0.3) is 0 Å². The Morgan fingerprint density at radius 2 is 1.89 bits per heavy atom. The molecule has 37 heavy (non-hydrogen) atoms. The second kappa shape index (κ2) is 12.0. The Bertz CT molecular complexity index is 950. The first-order valence-electron chi connectivity index (χ1n) is 13.3. The molecule has 1 aromatic rings. The van der Waals surface area contributed by atoms with Crippen molar-refractivity contribution in [1.29, 1.82) is 0 Å². The summed E-state index contributed by atoms with van der Waals surface area (Å²) in [7, 11) is 0. The molecule has 0 radical (unpaired) electrons. The number of aliphatic carboxylic acids is 1. The van der Waals surface area contributed by atoms with Crippen LogP contribution in [0.1, 0.15) is 51.5 Å². The van der Waals surface area contributed by atoms with E-state index in [0.29, 0.717) is 57.3 Å². The lowest BCUT2D eigenvalue weighted by Gasteiger charge is -2.37. The molecular weight excluding hydrogens is 478 g/mol. The van der Waals surface area contributed by atoms with Crippen molar-refractivity contribution in [3.63, 3.8) is 0 Å². The Morgan fingerprint density at radius 3 is 2.57 bits per heavy atom. The molecule has 3 aliphatic rings. The Morgan fingerprint density at radius 1 is 1.16 bits per heavy atom. The smallest absolute Gasteiger partial charge is 0.308 e. The molecule has 1 aromatic carbocycles. The van der Waals surface area contributed by atoms with E-state index in [0.717, 1.165) is 18.4 Å². The van der Waals surface area contributed by atoms with E-state index in [4.69, 9.17) is 24.7 Å². The first-order valence-corrected chi connectivity index (χ1v) is 13.3. The topological polar surface area (TPSA) is 124 Å². The number of carboxylic acids is 1. The zero-order valence-electron chi connectivity index (χ0n) is 22.2. The van der Waals surface area contributed by atoms with E-state index >= 15 is 0 Å². The SMILES string of the molecule is CCCCN(CCN)C(=O)CN1C[C@H](c2ccc3c(c2)OCO3)[C@@H](C(=O)O)[C@@H]1CC(C)(C)C1OCCO1. The van der Waals surface area contributed by atoms with Crippen molar-refractivity contribution in [2.75, 3.05) is 52.7 Å². The monoisotopic (exact) mass is 519 g/mol. The van der Waals surface area contributed by atoms with Crippen LogP contribution in [0.4, 0.5) is 0 Å². The summed E-state index contributed by atoms with van der Waals surface area (Å²) in [4.78, 5) is 30.1. The Labute approximate surface area is 219 Å². The highest BCUT2D eigenvalue weighted by atomic mass is 16.7. The van der Waals surface area contributed by atoms with E-state index in [-0.39, 0.29) is 31.2 Å². The van der Waals surface area contributed by atoms with Gasteiger partial charge >= 0.3 is 5.97 Å². The number of hydrogen-bond donors (Lipinski definition) is 2. The van der Waals surface area contributed by atoms with Gasteiger partial charge in [0.25, 0.3) is 0 Å². The fourth-order valence-corrected chi connectivity index (χ4v) is 5.81. The van der Waals surface area contributed by atoms with Gasteiger partial charge in [0.15, 0.2) is 17.8 Å². The number of fused-ring (bicyclic) bond motifs is 1. The van der Waals surface area contributed by atoms with Crippen LogP contribution in [-0.4, -0.2) is 91.8 Å². The summed E-state index contributed by atoms with van der Waals surface area (Å²) in [5.74, 6) is -0.657. The summed E-state index contributed by atoms with van der Waals surface area (Å²) < 4.78 is 22.6. The van der Waals surface area contributed by atoms with Gasteiger partial charge in [-0.2, -0.15) is 0 Å². The van der Waals surface area contributed by atoms with E-state index in [1.165, 1.54) is 0 Å². The molecule has 2 fully saturated rings. The van der Waals surface area contributed by atoms with E-state index in [2.05, 4.69) is 6.92 Å². The largest absolute Gasteiger partial charge is 0.481 e. The molecule has 3 N–H and O–H groups in total. The summed E-state index contributed by atoms with van der Waals surface area (Å²) in [6, 6.07) is 5.23. The number of carboxylic acid groups (broad SMARTS) is 1. The third kappa shape index (κ3) is 6.19. The third-order valence-electron chi connectivity index (χ3n) is 7.72. The predicted molar refractivity (Wildman–Crippen MR) is 136 cm³/mol. The number of ether oxygens (including phenoxy) is 4. The van der Waals surface area contributed by atoms with Gasteiger partial charge in [0.1, 0.15) is 0 Å². The maximum atomic E-state index is 13.4. The number of benzene rings is 1. The van der Waals surface area contributed by atoms with E-state index < -0.39 is 23.6 Å². The number of unbranched alkanes of at least 4 members (excludes halogenated alkanes) is 1. The molecule has 2 saturated heterocycles. The second-order valence-corrected chi connectivity index (χ2v) is 10.9. The molecular formula is C27H41N3O7. The van der Waals surface area contributed by atoms with Crippen molar-refractivity contribution in [2.24, 2.45) is 17.1 Å². The molecule has 0 bridgehead atoms. The third-order valence-corrected chi connectivity index (χ3v) is 7.72. The highest BCUT2D eigenvalue weighted by molar-refractivity contribution is 5.79. The van der Waals surface area contributed by atoms with Crippen molar-refractivity contribution < 1.29 is 33.6 Å². The Kier molecular flexibility index (Phi) is 8.94. The molecule has 0 spiro atoms. The lowest BCUT2D eigenvalue weighted by Crippen LogP contribution is -2.48. The summed E-state index contributed by atoms with van der Waals surface area (Å²) in [6.45, 7) is 9.47. The number of carbonyl (C=O) groups is 2. The van der Waals surface area contributed by atoms with Crippen molar-refractivity contribution in [3.8, 4) is 11.5 Å². The number of amides is 1. The molecule has 0 unspecified atom stereocenters. The van der Waals surface area contributed by atoms with Crippen LogP contribution >= 0.6 is 0 Å². The number of likely N-dealkylation sites (tertiary alicyclic amines) is 1. The number of nitrogens with two attached hydrogens (primary N) is 1. The van der Waals surface area contributed by atoms with Crippen LogP contribution in [0, 0.1) is 11.3 Å². The van der Waals surface area contributed by atoms with E-state index in [1.807, 2.05) is 36.9 Å². The van der Waals surface area contributed by atoms with Crippen molar-refractivity contribution in [2.45, 2.75) is 58.3 Å². The Balaban J connectivity index is 1.63. The summed E-state index contributed by atoms with van der Waals surface area (Å²) in [6.07, 6.45) is 1.97. The van der Waals surface area contributed by atoms with Gasteiger partial charge in [0, 0.05) is 43.6 Å². The van der Waals surface area contributed by atoms with E-state index in [9.17, 15) is 14.7 Å². The zero-order valence-corrected chi connectivity index (χ0v) is 22.2. The molecule has 10 nitrogen and oxygen atoms in total. The van der Waals surface area contributed by atoms with Crippen molar-refractivity contribution in [1.82, 2.24) is 9.80 Å². The average molecular weight is 520 g/mol. The maximum absolute atomic E-state index is 13.4. The summed E-state index contributed by atoms with van der Waals surface area (Å²) in [5, 5.41) is 10.5. The van der Waals surface area contributed by atoms with Crippen molar-refractivity contribution >= 4 is 11.9 Å². The number of rotatable bonds is 12. The molecule has 4 rings (SSSR count). The molecule has 206 valence electrons. The summed E-state index contributed by atoms with van der Waals surface area (Å²) >= 11 is 0. The molecule has 10 heteroatoms. The molecule has 0 aromatic heterocycles. The lowest BCUT2D eigenvalue weighted by atomic mass is 9.77. The Hall–Kier alpha value is -2.40. The van der Waals surface area contributed by atoms with Crippen LogP contribution in [0.5, 0.6) is 11.5 Å². The standard InChI is InChI=1S/C27H41N3O7/c1-4-5-9-29(10-8-28)23(31)16-30-15-19(18-6-7-21-22(13-18)37-17-36-21)24(25(32)33)20(30)14-27(2,3)26-34-11-12-35-26/h6-7,13,19-20,24,26H,4-5,8-12,14-17,28H2,1-3H3,(H,32,33)/t19-,20+,24-/m1/s1. The average Bonchev–Trinajstić information content (AvgIpc) is 3.61. The van der Waals surface area contributed by atoms with Crippen LogP contribution in [-0.2, 0) is 19.1 Å². The molecule has 1 amide bonds. The van der Waals surface area contributed by atoms with Gasteiger partial charge in [-0.25, -0.2) is 0 Å². The van der Waals surface area contributed by atoms with E-state index in [1.54, 1.807) is 4.90 Å². The number of hydrogen-bond acceptors (Lipinski definition) is 8. The van der Waals surface area contributed by atoms with Crippen LogP contribution in [0.3, 0.4) is 0 Å². The fourth-order valence-electron chi connectivity index (χ4n) is 5.81. The first kappa shape index (κ1) is 27.6. The van der Waals surface area contributed by atoms with Crippen molar-refractivity contribution in [3.05, 3.63) is 23.8 Å². The maximum Gasteiger partial charge on any atom is 0.308 e. The van der Waals surface area contributed by atoms with Gasteiger partial charge in [-0.1, -0.05) is 33.3 Å². The normalized spacial score (nSPS) is 24.1. The molecule has 0 aliphatic carbocycles. The van der Waals surface area contributed by atoms with Gasteiger partial charge in [0.2, 0.25) is 12.7 Å². The van der Waals surface area contributed by atoms with Gasteiger partial charge < -0.3 is 34.7 Å².